The number of benzene rings is 1. The van der Waals surface area contributed by atoms with Gasteiger partial charge in [0.15, 0.2) is 11.0 Å². The Morgan fingerprint density at radius 3 is 2.83 bits per heavy atom. The molecule has 2 aromatic heterocycles. The third-order valence-electron chi connectivity index (χ3n) is 3.58. The van der Waals surface area contributed by atoms with Crippen LogP contribution in [0.2, 0.25) is 0 Å². The van der Waals surface area contributed by atoms with E-state index in [0.717, 1.165) is 12.1 Å². The molecule has 3 aromatic rings. The van der Waals surface area contributed by atoms with Crippen LogP contribution in [0.5, 0.6) is 5.75 Å². The van der Waals surface area contributed by atoms with E-state index in [9.17, 15) is 18.0 Å². The summed E-state index contributed by atoms with van der Waals surface area (Å²) >= 11 is 2.39. The molecule has 1 aromatic carbocycles. The van der Waals surface area contributed by atoms with E-state index in [1.807, 2.05) is 6.92 Å². The monoisotopic (exact) mass is 444 g/mol. The van der Waals surface area contributed by atoms with Gasteiger partial charge < -0.3 is 9.30 Å². The Kier molecular flexibility index (Phi) is 6.69. The summed E-state index contributed by atoms with van der Waals surface area (Å²) in [5.41, 5.74) is 0.720. The fourth-order valence-corrected chi connectivity index (χ4v) is 3.56. The lowest BCUT2D eigenvalue weighted by atomic mass is 10.2. The number of nitrogens with zero attached hydrogens (tertiary/aromatic N) is 5. The molecule has 0 bridgehead atoms. The summed E-state index contributed by atoms with van der Waals surface area (Å²) in [6.07, 6.45) is -4.44. The Bertz CT molecular complexity index is 962. The molecule has 0 spiro atoms. The topological polar surface area (TPSA) is 94.8 Å². The summed E-state index contributed by atoms with van der Waals surface area (Å²) in [5.74, 6) is 0.346. The zero-order valence-corrected chi connectivity index (χ0v) is 16.6. The molecule has 29 heavy (non-hydrogen) atoms. The Labute approximate surface area is 171 Å². The van der Waals surface area contributed by atoms with Crippen molar-refractivity contribution in [1.29, 1.82) is 0 Å². The average molecular weight is 444 g/mol. The molecule has 0 saturated heterocycles. The van der Waals surface area contributed by atoms with Crippen LogP contribution in [0.15, 0.2) is 34.9 Å². The Morgan fingerprint density at radius 2 is 2.14 bits per heavy atom. The van der Waals surface area contributed by atoms with Gasteiger partial charge in [-0.3, -0.25) is 10.1 Å². The van der Waals surface area contributed by atoms with Crippen molar-refractivity contribution >= 4 is 34.1 Å². The molecule has 8 nitrogen and oxygen atoms in total. The van der Waals surface area contributed by atoms with Crippen molar-refractivity contribution in [2.45, 2.75) is 31.4 Å². The third-order valence-corrected chi connectivity index (χ3v) is 5.15. The summed E-state index contributed by atoms with van der Waals surface area (Å²) in [7, 11) is 0. The van der Waals surface area contributed by atoms with Gasteiger partial charge in [-0.1, -0.05) is 29.2 Å². The van der Waals surface area contributed by atoms with Crippen LogP contribution < -0.4 is 10.1 Å². The average Bonchev–Trinajstić information content (AvgIpc) is 3.33. The van der Waals surface area contributed by atoms with Crippen molar-refractivity contribution in [3.8, 4) is 5.75 Å². The van der Waals surface area contributed by atoms with Gasteiger partial charge >= 0.3 is 6.18 Å². The number of nitrogens with one attached hydrogen (secondary N) is 1. The van der Waals surface area contributed by atoms with Gasteiger partial charge in [-0.05, 0) is 25.1 Å². The molecule has 2 heterocycles. The molecule has 1 amide bonds. The van der Waals surface area contributed by atoms with Gasteiger partial charge in [0.2, 0.25) is 11.0 Å². The first-order chi connectivity index (χ1) is 13.9. The smallest absolute Gasteiger partial charge is 0.416 e. The van der Waals surface area contributed by atoms with E-state index in [1.54, 1.807) is 4.57 Å². The zero-order chi connectivity index (χ0) is 20.9. The van der Waals surface area contributed by atoms with E-state index < -0.39 is 11.7 Å². The molecule has 154 valence electrons. The first-order valence-corrected chi connectivity index (χ1v) is 10.1. The predicted molar refractivity (Wildman–Crippen MR) is 101 cm³/mol. The predicted octanol–water partition coefficient (Wildman–Crippen LogP) is 3.48. The van der Waals surface area contributed by atoms with Crippen LogP contribution in [0.3, 0.4) is 0 Å². The second-order valence-electron chi connectivity index (χ2n) is 5.54. The lowest BCUT2D eigenvalue weighted by Gasteiger charge is -2.11. The molecular weight excluding hydrogens is 429 g/mol. The number of hydrogen-bond acceptors (Lipinski definition) is 8. The van der Waals surface area contributed by atoms with Crippen LogP contribution in [0.4, 0.5) is 18.3 Å². The maximum absolute atomic E-state index is 12.8. The second-order valence-corrected chi connectivity index (χ2v) is 7.31. The van der Waals surface area contributed by atoms with E-state index >= 15 is 0 Å². The number of amides is 1. The molecule has 0 fully saturated rings. The van der Waals surface area contributed by atoms with Crippen LogP contribution >= 0.6 is 23.1 Å². The lowest BCUT2D eigenvalue weighted by Crippen LogP contribution is -2.14. The number of thioether (sulfide) groups is 1. The molecule has 0 unspecified atom stereocenters. The number of rotatable bonds is 8. The van der Waals surface area contributed by atoms with Gasteiger partial charge in [-0.15, -0.1) is 20.4 Å². The van der Waals surface area contributed by atoms with Gasteiger partial charge in [0.05, 0.1) is 11.3 Å². The lowest BCUT2D eigenvalue weighted by molar-refractivity contribution is -0.137. The van der Waals surface area contributed by atoms with Gasteiger partial charge in [0.25, 0.3) is 0 Å². The summed E-state index contributed by atoms with van der Waals surface area (Å²) in [6.45, 7) is 2.32. The summed E-state index contributed by atoms with van der Waals surface area (Å²) in [5, 5.41) is 18.9. The number of carbonyl (C=O) groups is 1. The van der Waals surface area contributed by atoms with Crippen LogP contribution in [0.1, 0.15) is 18.3 Å². The molecule has 3 rings (SSSR count). The van der Waals surface area contributed by atoms with Crippen molar-refractivity contribution in [2.75, 3.05) is 11.1 Å². The Hall–Kier alpha value is -2.67. The number of hydrogen-bond donors (Lipinski definition) is 1. The summed E-state index contributed by atoms with van der Waals surface area (Å²) in [4.78, 5) is 11.9. The van der Waals surface area contributed by atoms with Crippen molar-refractivity contribution in [2.24, 2.45) is 0 Å². The second kappa shape index (κ2) is 9.22. The largest absolute Gasteiger partial charge is 0.486 e. The molecule has 0 saturated carbocycles. The number of ether oxygens (including phenoxy) is 1. The SMILES string of the molecule is CCn1c(COc2cccc(C(F)(F)F)c2)nnc1SCC(=O)Nc1nncs1. The minimum atomic E-state index is -4.44. The Balaban J connectivity index is 1.60. The van der Waals surface area contributed by atoms with Gasteiger partial charge in [0.1, 0.15) is 17.9 Å². The Morgan fingerprint density at radius 1 is 1.31 bits per heavy atom. The molecule has 0 aliphatic carbocycles. The maximum atomic E-state index is 12.8. The van der Waals surface area contributed by atoms with Crippen LogP contribution in [-0.2, 0) is 24.1 Å². The van der Waals surface area contributed by atoms with Crippen molar-refractivity contribution in [1.82, 2.24) is 25.0 Å². The molecular formula is C16H15F3N6O2S2. The fourth-order valence-electron chi connectivity index (χ4n) is 2.27. The normalized spacial score (nSPS) is 11.4. The van der Waals surface area contributed by atoms with Crippen molar-refractivity contribution < 1.29 is 22.7 Å². The van der Waals surface area contributed by atoms with E-state index in [1.165, 1.54) is 40.7 Å². The maximum Gasteiger partial charge on any atom is 0.416 e. The van der Waals surface area contributed by atoms with E-state index in [2.05, 4.69) is 25.7 Å². The summed E-state index contributed by atoms with van der Waals surface area (Å²) in [6, 6.07) is 4.62. The quantitative estimate of drug-likeness (QED) is 0.532. The van der Waals surface area contributed by atoms with Crippen molar-refractivity contribution in [3.05, 3.63) is 41.2 Å². The highest BCUT2D eigenvalue weighted by molar-refractivity contribution is 7.99. The number of alkyl halides is 3. The first kappa shape index (κ1) is 21.0. The van der Waals surface area contributed by atoms with Gasteiger partial charge in [-0.2, -0.15) is 13.2 Å². The third kappa shape index (κ3) is 5.67. The van der Waals surface area contributed by atoms with Crippen LogP contribution in [0.25, 0.3) is 0 Å². The minimum Gasteiger partial charge on any atom is -0.486 e. The van der Waals surface area contributed by atoms with Gasteiger partial charge in [0, 0.05) is 6.54 Å². The number of anilines is 1. The van der Waals surface area contributed by atoms with E-state index in [0.29, 0.717) is 22.7 Å². The van der Waals surface area contributed by atoms with Gasteiger partial charge in [-0.25, -0.2) is 0 Å². The van der Waals surface area contributed by atoms with E-state index in [4.69, 9.17) is 4.74 Å². The molecule has 0 atom stereocenters. The number of aromatic nitrogens is 5. The number of halogens is 3. The highest BCUT2D eigenvalue weighted by atomic mass is 32.2. The van der Waals surface area contributed by atoms with E-state index in [-0.39, 0.29) is 24.0 Å². The zero-order valence-electron chi connectivity index (χ0n) is 15.0. The molecule has 0 aliphatic heterocycles. The van der Waals surface area contributed by atoms with Crippen LogP contribution in [-0.4, -0.2) is 36.6 Å². The standard InChI is InChI=1S/C16H15F3N6O2S2/c1-2-25-12(7-27-11-5-3-4-10(6-11)16(17,18)19)22-24-15(25)28-8-13(26)21-14-23-20-9-29-14/h3-6,9H,2,7-8H2,1H3,(H,21,23,26). The molecule has 13 heteroatoms. The number of carbonyl (C=O) groups excluding carboxylic acids is 1. The molecule has 1 N–H and O–H groups in total. The molecule has 0 aliphatic rings. The van der Waals surface area contributed by atoms with Crippen LogP contribution in [0, 0.1) is 0 Å². The minimum absolute atomic E-state index is 0.0559. The summed E-state index contributed by atoms with van der Waals surface area (Å²) < 4.78 is 45.6. The highest BCUT2D eigenvalue weighted by Gasteiger charge is 2.30. The van der Waals surface area contributed by atoms with Crippen molar-refractivity contribution in [3.63, 3.8) is 0 Å². The fraction of sp³-hybridized carbons (Fsp3) is 0.312. The molecule has 0 radical (unpaired) electrons. The first-order valence-electron chi connectivity index (χ1n) is 8.27. The highest BCUT2D eigenvalue weighted by Crippen LogP contribution is 2.31.